The third-order valence-electron chi connectivity index (χ3n) is 4.90. The molecule has 0 radical (unpaired) electrons. The monoisotopic (exact) mass is 459 g/mol. The van der Waals surface area contributed by atoms with Gasteiger partial charge in [0.15, 0.2) is 5.96 Å². The van der Waals surface area contributed by atoms with Gasteiger partial charge in [0.1, 0.15) is 0 Å². The molecule has 1 aromatic rings. The molecule has 0 spiro atoms. The van der Waals surface area contributed by atoms with Crippen molar-refractivity contribution in [2.24, 2.45) is 22.6 Å². The van der Waals surface area contributed by atoms with Crippen LogP contribution in [0.3, 0.4) is 0 Å². The van der Waals surface area contributed by atoms with Crippen LogP contribution in [0.5, 0.6) is 0 Å². The maximum absolute atomic E-state index is 6.19. The van der Waals surface area contributed by atoms with Gasteiger partial charge in [0.25, 0.3) is 0 Å². The Morgan fingerprint density at radius 1 is 1.28 bits per heavy atom. The lowest BCUT2D eigenvalue weighted by Crippen LogP contribution is -2.36. The van der Waals surface area contributed by atoms with E-state index in [0.717, 1.165) is 38.1 Å². The Balaban J connectivity index is 0.00000312. The number of aryl methyl sites for hydroxylation is 2. The van der Waals surface area contributed by atoms with E-state index in [1.807, 2.05) is 0 Å². The van der Waals surface area contributed by atoms with E-state index in [0.29, 0.717) is 23.9 Å². The Morgan fingerprint density at radius 3 is 2.48 bits per heavy atom. The van der Waals surface area contributed by atoms with Crippen LogP contribution in [0.1, 0.15) is 51.7 Å². The maximum atomic E-state index is 6.19. The highest BCUT2D eigenvalue weighted by Crippen LogP contribution is 2.27. The molecule has 2 rings (SSSR count). The van der Waals surface area contributed by atoms with Gasteiger partial charge in [-0.3, -0.25) is 4.99 Å². The molecule has 3 N–H and O–H groups in total. The third-order valence-corrected chi connectivity index (χ3v) is 4.90. The third kappa shape index (κ3) is 6.13. The summed E-state index contributed by atoms with van der Waals surface area (Å²) in [5.74, 6) is 1.50. The van der Waals surface area contributed by atoms with Crippen LogP contribution in [0.4, 0.5) is 5.69 Å². The van der Waals surface area contributed by atoms with E-state index in [1.165, 1.54) is 17.5 Å². The number of benzene rings is 1. The van der Waals surface area contributed by atoms with Gasteiger partial charge < -0.3 is 15.8 Å². The van der Waals surface area contributed by atoms with E-state index in [-0.39, 0.29) is 24.0 Å². The lowest BCUT2D eigenvalue weighted by atomic mass is 9.87. The number of hydrogen-bond acceptors (Lipinski definition) is 2. The van der Waals surface area contributed by atoms with E-state index < -0.39 is 0 Å². The van der Waals surface area contributed by atoms with Crippen LogP contribution in [-0.2, 0) is 17.6 Å². The van der Waals surface area contributed by atoms with E-state index in [1.54, 1.807) is 0 Å². The van der Waals surface area contributed by atoms with Gasteiger partial charge in [-0.25, -0.2) is 0 Å². The molecule has 2 unspecified atom stereocenters. The van der Waals surface area contributed by atoms with Crippen LogP contribution < -0.4 is 11.1 Å². The molecule has 4 nitrogen and oxygen atoms in total. The van der Waals surface area contributed by atoms with Crippen molar-refractivity contribution in [1.82, 2.24) is 0 Å². The average molecular weight is 459 g/mol. The number of nitrogens with zero attached hydrogens (tertiary/aromatic N) is 1. The number of hydrogen-bond donors (Lipinski definition) is 2. The molecule has 25 heavy (non-hydrogen) atoms. The van der Waals surface area contributed by atoms with E-state index >= 15 is 0 Å². The fraction of sp³-hybridized carbons (Fsp3) is 0.650. The minimum absolute atomic E-state index is 0. The summed E-state index contributed by atoms with van der Waals surface area (Å²) in [5.41, 5.74) is 9.89. The number of guanidine groups is 1. The molecule has 2 atom stereocenters. The van der Waals surface area contributed by atoms with Gasteiger partial charge in [0.2, 0.25) is 0 Å². The number of nitrogens with two attached hydrogens (primary N) is 1. The molecule has 1 fully saturated rings. The second-order valence-electron chi connectivity index (χ2n) is 6.99. The van der Waals surface area contributed by atoms with E-state index in [2.05, 4.69) is 56.2 Å². The second kappa shape index (κ2) is 11.0. The highest BCUT2D eigenvalue weighted by atomic mass is 127. The summed E-state index contributed by atoms with van der Waals surface area (Å²) in [7, 11) is 0. The first kappa shape index (κ1) is 22.2. The molecule has 5 heteroatoms. The molecule has 0 amide bonds. The number of ether oxygens (including phenoxy) is 1. The number of nitrogens with one attached hydrogen (secondary N) is 1. The van der Waals surface area contributed by atoms with Crippen molar-refractivity contribution in [1.29, 1.82) is 0 Å². The predicted molar refractivity (Wildman–Crippen MR) is 118 cm³/mol. The summed E-state index contributed by atoms with van der Waals surface area (Å²) in [5, 5.41) is 3.35. The first-order chi connectivity index (χ1) is 11.6. The molecule has 1 heterocycles. The second-order valence-corrected chi connectivity index (χ2v) is 6.99. The summed E-state index contributed by atoms with van der Waals surface area (Å²) in [6.07, 6.45) is 4.55. The van der Waals surface area contributed by atoms with Gasteiger partial charge in [-0.2, -0.15) is 0 Å². The largest absolute Gasteiger partial charge is 0.378 e. The van der Waals surface area contributed by atoms with Crippen LogP contribution in [0, 0.1) is 11.8 Å². The van der Waals surface area contributed by atoms with E-state index in [9.17, 15) is 0 Å². The lowest BCUT2D eigenvalue weighted by molar-refractivity contribution is -0.0491. The zero-order chi connectivity index (χ0) is 17.5. The highest BCUT2D eigenvalue weighted by molar-refractivity contribution is 14.0. The number of anilines is 1. The molecule has 0 saturated carbocycles. The molecule has 0 aromatic heterocycles. The zero-order valence-electron chi connectivity index (χ0n) is 16.0. The number of aliphatic imine (C=N–C) groups is 1. The fourth-order valence-electron chi connectivity index (χ4n) is 3.58. The minimum Gasteiger partial charge on any atom is -0.378 e. The first-order valence-corrected chi connectivity index (χ1v) is 9.36. The van der Waals surface area contributed by atoms with Crippen molar-refractivity contribution in [2.45, 2.75) is 59.5 Å². The van der Waals surface area contributed by atoms with Gasteiger partial charge in [-0.05, 0) is 42.7 Å². The topological polar surface area (TPSA) is 59.6 Å². The van der Waals surface area contributed by atoms with Gasteiger partial charge in [-0.1, -0.05) is 45.9 Å². The predicted octanol–water partition coefficient (Wildman–Crippen LogP) is 4.61. The number of rotatable bonds is 6. The van der Waals surface area contributed by atoms with Crippen molar-refractivity contribution in [3.63, 3.8) is 0 Å². The Morgan fingerprint density at radius 2 is 1.92 bits per heavy atom. The van der Waals surface area contributed by atoms with Crippen molar-refractivity contribution in [3.05, 3.63) is 29.3 Å². The summed E-state index contributed by atoms with van der Waals surface area (Å²) in [6, 6.07) is 6.42. The average Bonchev–Trinajstić information content (AvgIpc) is 2.60. The van der Waals surface area contributed by atoms with Crippen molar-refractivity contribution < 1.29 is 4.74 Å². The number of halogens is 1. The van der Waals surface area contributed by atoms with Crippen molar-refractivity contribution in [2.75, 3.05) is 18.5 Å². The molecule has 142 valence electrons. The Labute approximate surface area is 170 Å². The number of para-hydroxylation sites is 1. The van der Waals surface area contributed by atoms with Crippen LogP contribution >= 0.6 is 24.0 Å². The minimum atomic E-state index is 0. The van der Waals surface area contributed by atoms with Gasteiger partial charge in [-0.15, -0.1) is 24.0 Å². The SMILES string of the molecule is CCc1cccc(CC)c1NC(N)=NCC1CCCOC1C(C)C.I. The van der Waals surface area contributed by atoms with Gasteiger partial charge >= 0.3 is 0 Å². The molecular weight excluding hydrogens is 425 g/mol. The van der Waals surface area contributed by atoms with Gasteiger partial charge in [0, 0.05) is 24.8 Å². The molecule has 1 aromatic carbocycles. The van der Waals surface area contributed by atoms with Crippen LogP contribution in [-0.4, -0.2) is 25.2 Å². The molecule has 1 aliphatic heterocycles. The smallest absolute Gasteiger partial charge is 0.193 e. The Bertz CT molecular complexity index is 538. The van der Waals surface area contributed by atoms with Crippen LogP contribution in [0.15, 0.2) is 23.2 Å². The molecule has 1 aliphatic rings. The molecule has 1 saturated heterocycles. The summed E-state index contributed by atoms with van der Waals surface area (Å²) in [4.78, 5) is 4.63. The lowest BCUT2D eigenvalue weighted by Gasteiger charge is -2.33. The van der Waals surface area contributed by atoms with Crippen LogP contribution in [0.25, 0.3) is 0 Å². The first-order valence-electron chi connectivity index (χ1n) is 9.36. The fourth-order valence-corrected chi connectivity index (χ4v) is 3.58. The van der Waals surface area contributed by atoms with Crippen molar-refractivity contribution in [3.8, 4) is 0 Å². The quantitative estimate of drug-likeness (QED) is 0.371. The normalized spacial score (nSPS) is 21.1. The Kier molecular flexibility index (Phi) is 9.79. The standard InChI is InChI=1S/C20H33N3O.HI/c1-5-15-9-7-10-16(6-2)18(15)23-20(21)22-13-17-11-8-12-24-19(17)14(3)4;/h7,9-10,14,17,19H,5-6,8,11-13H2,1-4H3,(H3,21,22,23);1H. The molecular formula is C20H34IN3O. The Hall–Kier alpha value is -0.820. The summed E-state index contributed by atoms with van der Waals surface area (Å²) in [6.45, 7) is 10.4. The zero-order valence-corrected chi connectivity index (χ0v) is 18.4. The van der Waals surface area contributed by atoms with Crippen LogP contribution in [0.2, 0.25) is 0 Å². The van der Waals surface area contributed by atoms with E-state index in [4.69, 9.17) is 10.5 Å². The molecule has 0 bridgehead atoms. The maximum Gasteiger partial charge on any atom is 0.193 e. The van der Waals surface area contributed by atoms with Gasteiger partial charge in [0.05, 0.1) is 6.10 Å². The highest BCUT2D eigenvalue weighted by Gasteiger charge is 2.28. The molecule has 0 aliphatic carbocycles. The summed E-state index contributed by atoms with van der Waals surface area (Å²) >= 11 is 0. The summed E-state index contributed by atoms with van der Waals surface area (Å²) < 4.78 is 5.95. The van der Waals surface area contributed by atoms with Crippen molar-refractivity contribution >= 4 is 35.6 Å².